The molecular weight excluding hydrogens is 164 g/mol. The Bertz CT molecular complexity index is 282. The van der Waals surface area contributed by atoms with E-state index in [1.807, 2.05) is 20.8 Å². The highest BCUT2D eigenvalue weighted by Crippen LogP contribution is 2.02. The quantitative estimate of drug-likeness (QED) is 0.375. The summed E-state index contributed by atoms with van der Waals surface area (Å²) in [5.74, 6) is -0.465. The lowest BCUT2D eigenvalue weighted by Gasteiger charge is -1.96. The van der Waals surface area contributed by atoms with E-state index in [4.69, 9.17) is 5.26 Å². The first kappa shape index (κ1) is 11.6. The topological polar surface area (TPSA) is 53.2 Å². The second kappa shape index (κ2) is 6.13. The zero-order valence-corrected chi connectivity index (χ0v) is 8.29. The van der Waals surface area contributed by atoms with Gasteiger partial charge in [0.05, 0.1) is 0 Å². The molecule has 0 bridgehead atoms. The fraction of sp³-hybridized carbons (Fsp3) is 0.500. The highest BCUT2D eigenvalue weighted by atomic mass is 16.1. The molecule has 0 radical (unpaired) electrons. The van der Waals surface area contributed by atoms with Crippen molar-refractivity contribution in [3.8, 4) is 6.07 Å². The van der Waals surface area contributed by atoms with E-state index in [2.05, 4.69) is 4.99 Å². The van der Waals surface area contributed by atoms with Crippen molar-refractivity contribution >= 4 is 11.5 Å². The smallest absolute Gasteiger partial charge is 0.258 e. The second-order valence-corrected chi connectivity index (χ2v) is 2.58. The molecule has 0 saturated carbocycles. The first-order chi connectivity index (χ1) is 6.15. The maximum Gasteiger partial charge on any atom is 0.258 e. The van der Waals surface area contributed by atoms with Crippen molar-refractivity contribution in [2.75, 3.05) is 6.54 Å². The molecule has 0 aromatic carbocycles. The zero-order chi connectivity index (χ0) is 10.3. The van der Waals surface area contributed by atoms with Gasteiger partial charge < -0.3 is 0 Å². The van der Waals surface area contributed by atoms with Gasteiger partial charge in [0.1, 0.15) is 6.07 Å². The molecule has 0 aliphatic rings. The number of nitriles is 1. The fourth-order valence-electron chi connectivity index (χ4n) is 0.947. The number of hydrogen-bond acceptors (Lipinski definition) is 3. The van der Waals surface area contributed by atoms with Crippen molar-refractivity contribution in [3.05, 3.63) is 11.6 Å². The average molecular weight is 178 g/mol. The summed E-state index contributed by atoms with van der Waals surface area (Å²) in [5, 5.41) is 8.40. The molecule has 70 valence electrons. The van der Waals surface area contributed by atoms with E-state index in [9.17, 15) is 4.79 Å². The lowest BCUT2D eigenvalue weighted by atomic mass is 10.1. The summed E-state index contributed by atoms with van der Waals surface area (Å²) in [5.41, 5.74) is 1.32. The number of ketones is 1. The SMILES string of the molecule is CC/N=C(C)\C=C(/CC)C(=O)C#N. The molecule has 0 aromatic heterocycles. The summed E-state index contributed by atoms with van der Waals surface area (Å²) in [7, 11) is 0. The van der Waals surface area contributed by atoms with E-state index in [1.54, 1.807) is 12.1 Å². The Kier molecular flexibility index (Phi) is 5.45. The van der Waals surface area contributed by atoms with Gasteiger partial charge in [0.25, 0.3) is 5.78 Å². The van der Waals surface area contributed by atoms with Crippen LogP contribution in [0, 0.1) is 11.3 Å². The van der Waals surface area contributed by atoms with Gasteiger partial charge in [-0.15, -0.1) is 0 Å². The molecule has 0 spiro atoms. The van der Waals surface area contributed by atoms with E-state index >= 15 is 0 Å². The molecule has 0 aromatic rings. The normalized spacial score (nSPS) is 12.5. The molecule has 0 heterocycles. The van der Waals surface area contributed by atoms with Crippen LogP contribution in [0.4, 0.5) is 0 Å². The summed E-state index contributed by atoms with van der Waals surface area (Å²) in [6, 6.07) is 1.60. The molecule has 3 heteroatoms. The highest BCUT2D eigenvalue weighted by molar-refractivity contribution is 6.11. The number of hydrogen-bond donors (Lipinski definition) is 0. The molecule has 0 saturated heterocycles. The van der Waals surface area contributed by atoms with E-state index in [0.717, 1.165) is 5.71 Å². The molecule has 0 N–H and O–H groups in total. The van der Waals surface area contributed by atoms with Crippen LogP contribution in [0.25, 0.3) is 0 Å². The van der Waals surface area contributed by atoms with Crippen molar-refractivity contribution in [3.63, 3.8) is 0 Å². The van der Waals surface area contributed by atoms with Crippen LogP contribution < -0.4 is 0 Å². The Hall–Kier alpha value is -1.43. The summed E-state index contributed by atoms with van der Waals surface area (Å²) in [6.07, 6.45) is 2.25. The number of allylic oxidation sites excluding steroid dienone is 2. The van der Waals surface area contributed by atoms with Gasteiger partial charge in [0.2, 0.25) is 0 Å². The van der Waals surface area contributed by atoms with Crippen molar-refractivity contribution in [2.45, 2.75) is 27.2 Å². The minimum Gasteiger partial charge on any atom is -0.290 e. The monoisotopic (exact) mass is 178 g/mol. The Labute approximate surface area is 78.8 Å². The standard InChI is InChI=1S/C10H14N2O/c1-4-9(10(13)7-11)6-8(3)12-5-2/h6H,4-5H2,1-3H3/b9-6+,12-8-. The van der Waals surface area contributed by atoms with Gasteiger partial charge in [-0.3, -0.25) is 9.79 Å². The van der Waals surface area contributed by atoms with E-state index in [0.29, 0.717) is 18.5 Å². The van der Waals surface area contributed by atoms with E-state index < -0.39 is 5.78 Å². The highest BCUT2D eigenvalue weighted by Gasteiger charge is 2.05. The summed E-state index contributed by atoms with van der Waals surface area (Å²) >= 11 is 0. The van der Waals surface area contributed by atoms with Gasteiger partial charge in [-0.2, -0.15) is 5.26 Å². The average Bonchev–Trinajstić information content (AvgIpc) is 2.13. The molecule has 3 nitrogen and oxygen atoms in total. The summed E-state index contributed by atoms with van der Waals surface area (Å²) in [4.78, 5) is 15.1. The van der Waals surface area contributed by atoms with Crippen LogP contribution in [0.3, 0.4) is 0 Å². The van der Waals surface area contributed by atoms with Crippen LogP contribution in [0.2, 0.25) is 0 Å². The number of carbonyl (C=O) groups is 1. The number of rotatable bonds is 4. The lowest BCUT2D eigenvalue weighted by Crippen LogP contribution is -2.00. The lowest BCUT2D eigenvalue weighted by molar-refractivity contribution is -0.110. The van der Waals surface area contributed by atoms with Crippen LogP contribution in [-0.4, -0.2) is 18.0 Å². The van der Waals surface area contributed by atoms with Crippen LogP contribution in [0.5, 0.6) is 0 Å². The number of nitrogens with zero attached hydrogens (tertiary/aromatic N) is 2. The molecule has 0 rings (SSSR count). The minimum absolute atomic E-state index is 0.465. The largest absolute Gasteiger partial charge is 0.290 e. The Balaban J connectivity index is 4.69. The summed E-state index contributed by atoms with van der Waals surface area (Å²) < 4.78 is 0. The predicted octanol–water partition coefficient (Wildman–Crippen LogP) is 1.90. The van der Waals surface area contributed by atoms with Gasteiger partial charge in [-0.05, 0) is 26.3 Å². The molecule has 0 aliphatic heterocycles. The Morgan fingerprint density at radius 2 is 2.15 bits per heavy atom. The van der Waals surface area contributed by atoms with Gasteiger partial charge in [0, 0.05) is 17.8 Å². The van der Waals surface area contributed by atoms with Crippen molar-refractivity contribution < 1.29 is 4.79 Å². The third-order valence-electron chi connectivity index (χ3n) is 1.56. The zero-order valence-electron chi connectivity index (χ0n) is 8.29. The van der Waals surface area contributed by atoms with Crippen LogP contribution in [-0.2, 0) is 4.79 Å². The van der Waals surface area contributed by atoms with E-state index in [-0.39, 0.29) is 0 Å². The van der Waals surface area contributed by atoms with Gasteiger partial charge >= 0.3 is 0 Å². The van der Waals surface area contributed by atoms with Crippen LogP contribution in [0.15, 0.2) is 16.6 Å². The third-order valence-corrected chi connectivity index (χ3v) is 1.56. The number of aliphatic imine (C=N–C) groups is 1. The first-order valence-corrected chi connectivity index (χ1v) is 4.31. The fourth-order valence-corrected chi connectivity index (χ4v) is 0.947. The predicted molar refractivity (Wildman–Crippen MR) is 52.6 cm³/mol. The van der Waals surface area contributed by atoms with Crippen LogP contribution >= 0.6 is 0 Å². The molecule has 0 aliphatic carbocycles. The number of carbonyl (C=O) groups excluding carboxylic acids is 1. The molecule has 0 atom stereocenters. The first-order valence-electron chi connectivity index (χ1n) is 4.31. The van der Waals surface area contributed by atoms with Crippen LogP contribution in [0.1, 0.15) is 27.2 Å². The Morgan fingerprint density at radius 1 is 1.54 bits per heavy atom. The third kappa shape index (κ3) is 4.22. The molecule has 0 unspecified atom stereocenters. The maximum atomic E-state index is 11.0. The van der Waals surface area contributed by atoms with E-state index in [1.165, 1.54) is 0 Å². The van der Waals surface area contributed by atoms with Crippen molar-refractivity contribution in [2.24, 2.45) is 4.99 Å². The maximum absolute atomic E-state index is 11.0. The molecule has 0 fully saturated rings. The Morgan fingerprint density at radius 3 is 2.54 bits per heavy atom. The van der Waals surface area contributed by atoms with Gasteiger partial charge in [-0.25, -0.2) is 0 Å². The molecular formula is C10H14N2O. The second-order valence-electron chi connectivity index (χ2n) is 2.58. The molecule has 0 amide bonds. The molecule has 13 heavy (non-hydrogen) atoms. The van der Waals surface area contributed by atoms with Crippen molar-refractivity contribution in [1.82, 2.24) is 0 Å². The van der Waals surface area contributed by atoms with Gasteiger partial charge in [-0.1, -0.05) is 6.92 Å². The van der Waals surface area contributed by atoms with Crippen molar-refractivity contribution in [1.29, 1.82) is 5.26 Å². The number of Topliss-reactive ketones (excluding diaryl/α,β-unsaturated/α-hetero) is 1. The minimum atomic E-state index is -0.465. The summed E-state index contributed by atoms with van der Waals surface area (Å²) in [6.45, 7) is 6.29. The van der Waals surface area contributed by atoms with Gasteiger partial charge in [0.15, 0.2) is 0 Å².